The van der Waals surface area contributed by atoms with Crippen molar-refractivity contribution in [2.75, 3.05) is 0 Å². The lowest BCUT2D eigenvalue weighted by Crippen LogP contribution is -2.73. The Morgan fingerprint density at radius 1 is 0.590 bits per heavy atom. The van der Waals surface area contributed by atoms with E-state index in [0.717, 1.165) is 36.8 Å². The van der Waals surface area contributed by atoms with Gasteiger partial charge in [-0.25, -0.2) is 0 Å². The summed E-state index contributed by atoms with van der Waals surface area (Å²) in [4.78, 5) is 25.9. The van der Waals surface area contributed by atoms with Gasteiger partial charge in [0, 0.05) is 64.2 Å². The largest absolute Gasteiger partial charge is 0.481 e. The molecule has 15 saturated heterocycles. The van der Waals surface area contributed by atoms with E-state index in [1.807, 2.05) is 6.92 Å². The van der Waals surface area contributed by atoms with Gasteiger partial charge >= 0.3 is 11.9 Å². The summed E-state index contributed by atoms with van der Waals surface area (Å²) in [6.07, 6.45) is -3.24. The molecule has 434 valence electrons. The number of carbonyl (C=O) groups excluding carboxylic acids is 1. The summed E-state index contributed by atoms with van der Waals surface area (Å²) in [5.74, 6) is -4.74. The Morgan fingerprint density at radius 3 is 2.17 bits per heavy atom. The Kier molecular flexibility index (Phi) is 13.2. The van der Waals surface area contributed by atoms with Crippen molar-refractivity contribution in [3.63, 3.8) is 0 Å². The summed E-state index contributed by atoms with van der Waals surface area (Å²) in [6, 6.07) is 0. The van der Waals surface area contributed by atoms with E-state index in [0.29, 0.717) is 57.8 Å². The summed E-state index contributed by atoms with van der Waals surface area (Å²) < 4.78 is 93.9. The number of aliphatic carboxylic acids is 1. The molecule has 0 aromatic heterocycles. The van der Waals surface area contributed by atoms with Crippen LogP contribution in [0, 0.1) is 11.8 Å². The van der Waals surface area contributed by atoms with Crippen LogP contribution < -0.4 is 17.2 Å². The van der Waals surface area contributed by atoms with Gasteiger partial charge in [0.1, 0.15) is 60.3 Å². The van der Waals surface area contributed by atoms with Crippen LogP contribution in [0.5, 0.6) is 0 Å². The number of aliphatic hydroxyl groups is 2. The van der Waals surface area contributed by atoms with Crippen molar-refractivity contribution in [2.45, 2.75) is 299 Å². The van der Waals surface area contributed by atoms with Crippen LogP contribution in [0.15, 0.2) is 24.3 Å². The minimum absolute atomic E-state index is 0.0432. The first-order valence-corrected chi connectivity index (χ1v) is 29.3. The molecule has 1 unspecified atom stereocenters. The number of fused-ring (bicyclic) bond motifs is 10. The molecular weight excluding hydrogens is 1020 g/mol. The molecule has 0 radical (unpaired) electrons. The number of carbonyl (C=O) groups is 2. The van der Waals surface area contributed by atoms with Crippen molar-refractivity contribution in [1.29, 1.82) is 0 Å². The Bertz CT molecular complexity index is 2400. The smallest absolute Gasteiger partial charge is 0.308 e. The number of nitrogens with two attached hydrogens (primary N) is 3. The molecule has 22 nitrogen and oxygen atoms in total. The van der Waals surface area contributed by atoms with E-state index in [2.05, 4.69) is 20.1 Å². The van der Waals surface area contributed by atoms with Gasteiger partial charge in [0.2, 0.25) is 0 Å². The molecular formula is C56H81N3O19. The first-order valence-electron chi connectivity index (χ1n) is 29.3. The zero-order valence-corrected chi connectivity index (χ0v) is 44.9. The molecule has 0 aromatic carbocycles. The van der Waals surface area contributed by atoms with Gasteiger partial charge in [-0.2, -0.15) is 0 Å². The van der Waals surface area contributed by atoms with Crippen LogP contribution in [-0.2, 0) is 75.9 Å². The van der Waals surface area contributed by atoms with E-state index in [1.165, 1.54) is 0 Å². The van der Waals surface area contributed by atoms with E-state index in [4.69, 9.17) is 83.5 Å². The maximum Gasteiger partial charge on any atom is 0.308 e. The SMILES string of the molecule is C=C1C[C@@H]2CC[C@]34CC(O3)[C@@H]3O[C@H]5CC[C@H](CC(=O)O[C@@H]6C[C@]7(N)O[C@]8(N)C[C@]9(C[C@@H]%10O[C@@]%11(CC[C@]%10(N)O9)C[C@H](C)[C@@H]9O[C@H](CC(=O)O)[C@H](O)C[C@@H]9O%11)O[C@@H]8C[C@@H]7O[C@H]6C[C@H]6O[C@@H](CC[C@@H]1O2)C[C@@H](C)C6=C)O[C@@H]5[C@H](O4)[C@@H]3O. The number of aliphatic hydroxyl groups excluding tert-OH is 2. The van der Waals surface area contributed by atoms with Crippen molar-refractivity contribution in [3.05, 3.63) is 24.3 Å². The third-order valence-corrected chi connectivity index (χ3v) is 20.7. The zero-order valence-electron chi connectivity index (χ0n) is 44.9. The van der Waals surface area contributed by atoms with Crippen molar-refractivity contribution < 1.29 is 91.2 Å². The molecule has 3 spiro atoms. The number of esters is 1. The molecule has 15 rings (SSSR count). The van der Waals surface area contributed by atoms with Gasteiger partial charge in [-0.3, -0.25) is 9.59 Å². The third kappa shape index (κ3) is 9.21. The minimum atomic E-state index is -1.53. The molecule has 9 N–H and O–H groups in total. The molecule has 15 aliphatic rings. The van der Waals surface area contributed by atoms with Gasteiger partial charge in [-0.15, -0.1) is 0 Å². The number of hydrogen-bond acceptors (Lipinski definition) is 21. The number of carboxylic acid groups (broad SMARTS) is 1. The molecule has 78 heavy (non-hydrogen) atoms. The average Bonchev–Trinajstić information content (AvgIpc) is 4.01. The number of ether oxygens (including phenoxy) is 14. The Labute approximate surface area is 454 Å². The molecule has 0 amide bonds. The lowest BCUT2D eigenvalue weighted by atomic mass is 9.79. The molecule has 0 aromatic rings. The number of hydrogen-bond donors (Lipinski definition) is 6. The zero-order chi connectivity index (χ0) is 54.1. The van der Waals surface area contributed by atoms with Crippen LogP contribution in [0.4, 0.5) is 0 Å². The summed E-state index contributed by atoms with van der Waals surface area (Å²) >= 11 is 0. The predicted molar refractivity (Wildman–Crippen MR) is 266 cm³/mol. The van der Waals surface area contributed by atoms with Gasteiger partial charge in [-0.05, 0) is 74.3 Å². The average molecular weight is 1100 g/mol. The fourth-order valence-corrected chi connectivity index (χ4v) is 16.8. The lowest BCUT2D eigenvalue weighted by Gasteiger charge is -2.54. The van der Waals surface area contributed by atoms with Crippen LogP contribution in [-0.4, -0.2) is 184 Å². The number of carboxylic acids is 1. The molecule has 15 heterocycles. The molecule has 15 aliphatic heterocycles. The number of rotatable bonds is 2. The van der Waals surface area contributed by atoms with Gasteiger partial charge in [-0.1, -0.05) is 27.0 Å². The van der Waals surface area contributed by atoms with Gasteiger partial charge in [0.05, 0.1) is 86.1 Å². The van der Waals surface area contributed by atoms with Crippen LogP contribution in [0.2, 0.25) is 0 Å². The maximum atomic E-state index is 14.4. The topological polar surface area (TPSA) is 302 Å². The predicted octanol–water partition coefficient (Wildman–Crippen LogP) is 2.62. The second kappa shape index (κ2) is 19.1. The second-order valence-corrected chi connectivity index (χ2v) is 26.4. The molecule has 28 atom stereocenters. The summed E-state index contributed by atoms with van der Waals surface area (Å²) in [5.41, 5.74) is 19.5. The fourth-order valence-electron chi connectivity index (χ4n) is 16.8. The van der Waals surface area contributed by atoms with Crippen molar-refractivity contribution >= 4 is 11.9 Å². The van der Waals surface area contributed by atoms with Crippen molar-refractivity contribution in [2.24, 2.45) is 29.0 Å². The lowest BCUT2D eigenvalue weighted by molar-refractivity contribution is -0.374. The molecule has 15 fully saturated rings. The molecule has 22 heteroatoms. The third-order valence-electron chi connectivity index (χ3n) is 20.7. The highest BCUT2D eigenvalue weighted by Crippen LogP contribution is 2.59. The summed E-state index contributed by atoms with van der Waals surface area (Å²) in [5, 5.41) is 32.0. The monoisotopic (exact) mass is 1100 g/mol. The van der Waals surface area contributed by atoms with Crippen LogP contribution in [0.3, 0.4) is 0 Å². The quantitative estimate of drug-likeness (QED) is 0.171. The highest BCUT2D eigenvalue weighted by atomic mass is 16.8. The van der Waals surface area contributed by atoms with E-state index in [1.54, 1.807) is 0 Å². The molecule has 10 bridgehead atoms. The van der Waals surface area contributed by atoms with Crippen LogP contribution in [0.25, 0.3) is 0 Å². The van der Waals surface area contributed by atoms with Crippen LogP contribution in [0.1, 0.15) is 142 Å². The maximum absolute atomic E-state index is 14.4. The van der Waals surface area contributed by atoms with E-state index < -0.39 is 138 Å². The molecule has 0 aliphatic carbocycles. The second-order valence-electron chi connectivity index (χ2n) is 26.4. The van der Waals surface area contributed by atoms with E-state index in [9.17, 15) is 24.9 Å². The van der Waals surface area contributed by atoms with Gasteiger partial charge < -0.3 is 98.8 Å². The van der Waals surface area contributed by atoms with Crippen LogP contribution >= 0.6 is 0 Å². The van der Waals surface area contributed by atoms with Gasteiger partial charge in [0.25, 0.3) is 0 Å². The van der Waals surface area contributed by atoms with E-state index in [-0.39, 0.29) is 87.3 Å². The highest BCUT2D eigenvalue weighted by molar-refractivity contribution is 5.70. The van der Waals surface area contributed by atoms with E-state index >= 15 is 0 Å². The highest BCUT2D eigenvalue weighted by Gasteiger charge is 2.72. The normalized spacial score (nSPS) is 57.4. The first-order chi connectivity index (χ1) is 37.1. The Hall–Kier alpha value is -2.30. The summed E-state index contributed by atoms with van der Waals surface area (Å²) in [6.45, 7) is 13.2. The fraction of sp³-hybridized carbons (Fsp3) is 0.893. The Morgan fingerprint density at radius 2 is 1.35 bits per heavy atom. The summed E-state index contributed by atoms with van der Waals surface area (Å²) in [7, 11) is 0. The van der Waals surface area contributed by atoms with Crippen molar-refractivity contribution in [3.8, 4) is 0 Å². The van der Waals surface area contributed by atoms with Crippen molar-refractivity contribution in [1.82, 2.24) is 0 Å². The molecule has 0 saturated carbocycles. The Balaban J connectivity index is 0.698. The van der Waals surface area contributed by atoms with Gasteiger partial charge in [0.15, 0.2) is 23.1 Å². The first kappa shape index (κ1) is 53.7. The minimum Gasteiger partial charge on any atom is -0.481 e. The standard InChI is InChI=1S/C56H81N3O19/c1-25-13-29-5-7-33-26(2)14-31(65-33)9-10-51-21-40(73-51)48-46(64)50(76-51)49-34(70-48)8-6-30(67-49)15-45(63)69-39-22-55(58)41(68-37(39)17-35(66-29)28(25)4)19-42-56(59,78-55)24-53(74-42)23-43-54(57,77-53)12-11-52(75-43)20-27(3)47-38(72-52)16-32(60)36(71-47)18-44(61)62/h25,27,29-43,46-50,60,64H,2,4-24,57-59H2,1,3H3,(H,61,62)/t25-,27+,29+,30-,31+,32-,33+,34+,35-,36-,37+,38+,39-,40?,41+,42-,43+,46-,47+,48+,49+,50-,51+,52+,53-,54+,55+,56-/m1/s1.